The summed E-state index contributed by atoms with van der Waals surface area (Å²) < 4.78 is 2.23. The van der Waals surface area contributed by atoms with Crippen LogP contribution < -0.4 is 0 Å². The molecule has 4 aliphatic rings. The summed E-state index contributed by atoms with van der Waals surface area (Å²) in [6.07, 6.45) is 21.5. The van der Waals surface area contributed by atoms with Crippen LogP contribution in [0, 0.1) is 28.6 Å². The number of aromatic nitrogens is 2. The van der Waals surface area contributed by atoms with Crippen LogP contribution in [0.15, 0.2) is 48.1 Å². The molecule has 0 aromatic carbocycles. The molecule has 1 heterocycles. The second-order valence-electron chi connectivity index (χ2n) is 9.46. The molecule has 4 aliphatic carbocycles. The number of nitrogens with zero attached hydrogens (tertiary/aromatic N) is 2. The Morgan fingerprint density at radius 3 is 2.84 bits per heavy atom. The van der Waals surface area contributed by atoms with Gasteiger partial charge in [0.15, 0.2) is 0 Å². The van der Waals surface area contributed by atoms with E-state index in [2.05, 4.69) is 54.7 Å². The molecule has 5 rings (SSSR count). The van der Waals surface area contributed by atoms with Gasteiger partial charge in [0.05, 0.1) is 6.33 Å². The first kappa shape index (κ1) is 15.7. The summed E-state index contributed by atoms with van der Waals surface area (Å²) in [5, 5.41) is 0. The maximum atomic E-state index is 4.28. The molecule has 0 aliphatic heterocycles. The summed E-state index contributed by atoms with van der Waals surface area (Å²) in [4.78, 5) is 4.28. The molecule has 2 nitrogen and oxygen atoms in total. The summed E-state index contributed by atoms with van der Waals surface area (Å²) in [6, 6.07) is 0. The first-order valence-electron chi connectivity index (χ1n) is 10.1. The van der Waals surface area contributed by atoms with Crippen molar-refractivity contribution in [1.29, 1.82) is 0 Å². The lowest BCUT2D eigenvalue weighted by atomic mass is 9.49. The predicted octanol–water partition coefficient (Wildman–Crippen LogP) is 5.85. The van der Waals surface area contributed by atoms with Gasteiger partial charge in [-0.15, -0.1) is 0 Å². The summed E-state index contributed by atoms with van der Waals surface area (Å²) in [7, 11) is 0. The van der Waals surface area contributed by atoms with Crippen molar-refractivity contribution in [2.75, 3.05) is 0 Å². The van der Waals surface area contributed by atoms with Gasteiger partial charge in [-0.2, -0.15) is 0 Å². The highest BCUT2D eigenvalue weighted by molar-refractivity contribution is 5.66. The van der Waals surface area contributed by atoms with E-state index in [1.807, 2.05) is 12.5 Å². The van der Waals surface area contributed by atoms with Crippen LogP contribution in [-0.2, 0) is 0 Å². The molecule has 1 unspecified atom stereocenters. The zero-order valence-corrected chi connectivity index (χ0v) is 15.8. The van der Waals surface area contributed by atoms with Gasteiger partial charge in [0.2, 0.25) is 0 Å². The minimum absolute atomic E-state index is 0.200. The van der Waals surface area contributed by atoms with Crippen LogP contribution in [0.2, 0.25) is 0 Å². The quantitative estimate of drug-likeness (QED) is 0.589. The molecule has 132 valence electrons. The number of hydrogen-bond acceptors (Lipinski definition) is 1. The lowest BCUT2D eigenvalue weighted by Crippen LogP contribution is -2.46. The Bertz CT molecular complexity index is 781. The highest BCUT2D eigenvalue weighted by Gasteiger charge is 2.54. The molecule has 0 spiro atoms. The van der Waals surface area contributed by atoms with Crippen LogP contribution in [0.25, 0.3) is 5.70 Å². The first-order chi connectivity index (χ1) is 12.0. The molecule has 2 saturated carbocycles. The summed E-state index contributed by atoms with van der Waals surface area (Å²) >= 11 is 0. The van der Waals surface area contributed by atoms with E-state index < -0.39 is 0 Å². The number of allylic oxidation sites excluding steroid dienone is 6. The van der Waals surface area contributed by atoms with Crippen LogP contribution >= 0.6 is 0 Å². The van der Waals surface area contributed by atoms with E-state index in [4.69, 9.17) is 0 Å². The van der Waals surface area contributed by atoms with E-state index in [0.717, 1.165) is 17.8 Å². The summed E-state index contributed by atoms with van der Waals surface area (Å²) in [5.41, 5.74) is 5.57. The van der Waals surface area contributed by atoms with Crippen LogP contribution in [0.5, 0.6) is 0 Å². The average molecular weight is 335 g/mol. The fourth-order valence-electron chi connectivity index (χ4n) is 6.60. The highest BCUT2D eigenvalue weighted by Crippen LogP contribution is 2.64. The Labute approximate surface area is 151 Å². The van der Waals surface area contributed by atoms with E-state index in [1.54, 1.807) is 11.1 Å². The van der Waals surface area contributed by atoms with Crippen molar-refractivity contribution in [2.45, 2.75) is 59.3 Å². The predicted molar refractivity (Wildman–Crippen MR) is 103 cm³/mol. The number of imidazole rings is 1. The van der Waals surface area contributed by atoms with Gasteiger partial charge in [-0.05, 0) is 67.8 Å². The molecule has 1 aromatic rings. The molecular formula is C23H30N2. The third-order valence-electron chi connectivity index (χ3n) is 8.14. The third-order valence-corrected chi connectivity index (χ3v) is 8.14. The van der Waals surface area contributed by atoms with Crippen molar-refractivity contribution in [2.24, 2.45) is 28.6 Å². The van der Waals surface area contributed by atoms with Crippen molar-refractivity contribution < 1.29 is 0 Å². The highest BCUT2D eigenvalue weighted by atomic mass is 15.0. The van der Waals surface area contributed by atoms with E-state index >= 15 is 0 Å². The Hall–Kier alpha value is -1.57. The minimum atomic E-state index is 0.200. The minimum Gasteiger partial charge on any atom is -0.309 e. The second kappa shape index (κ2) is 5.22. The van der Waals surface area contributed by atoms with E-state index in [0.29, 0.717) is 5.41 Å². The van der Waals surface area contributed by atoms with Gasteiger partial charge < -0.3 is 4.57 Å². The maximum Gasteiger partial charge on any atom is 0.0989 e. The number of hydrogen-bond donors (Lipinski definition) is 0. The topological polar surface area (TPSA) is 17.8 Å². The molecule has 2 heteroatoms. The zero-order chi connectivity index (χ0) is 17.2. The van der Waals surface area contributed by atoms with Crippen LogP contribution in [-0.4, -0.2) is 9.55 Å². The van der Waals surface area contributed by atoms with E-state index in [9.17, 15) is 0 Å². The van der Waals surface area contributed by atoms with E-state index in [-0.39, 0.29) is 5.41 Å². The Balaban J connectivity index is 1.50. The van der Waals surface area contributed by atoms with Crippen LogP contribution in [0.4, 0.5) is 0 Å². The van der Waals surface area contributed by atoms with Crippen LogP contribution in [0.3, 0.4) is 0 Å². The fraction of sp³-hybridized carbons (Fsp3) is 0.609. The largest absolute Gasteiger partial charge is 0.309 e. The molecule has 0 radical (unpaired) electrons. The molecule has 0 amide bonds. The van der Waals surface area contributed by atoms with Crippen molar-refractivity contribution in [3.05, 3.63) is 48.1 Å². The number of rotatable bonds is 1. The van der Waals surface area contributed by atoms with Crippen LogP contribution in [0.1, 0.15) is 59.3 Å². The zero-order valence-electron chi connectivity index (χ0n) is 15.8. The molecule has 1 aromatic heterocycles. The smallest absolute Gasteiger partial charge is 0.0989 e. The Morgan fingerprint density at radius 2 is 2.04 bits per heavy atom. The van der Waals surface area contributed by atoms with Crippen molar-refractivity contribution in [1.82, 2.24) is 9.55 Å². The Kier molecular flexibility index (Phi) is 3.27. The molecule has 25 heavy (non-hydrogen) atoms. The van der Waals surface area contributed by atoms with E-state index in [1.165, 1.54) is 44.2 Å². The lowest BCUT2D eigenvalue weighted by molar-refractivity contribution is 0.0674. The maximum absolute atomic E-state index is 4.28. The van der Waals surface area contributed by atoms with Crippen molar-refractivity contribution in [3.63, 3.8) is 0 Å². The van der Waals surface area contributed by atoms with Gasteiger partial charge in [0.1, 0.15) is 0 Å². The summed E-state index contributed by atoms with van der Waals surface area (Å²) in [5.74, 6) is 2.46. The van der Waals surface area contributed by atoms with Gasteiger partial charge >= 0.3 is 0 Å². The fourth-order valence-corrected chi connectivity index (χ4v) is 6.60. The number of fused-ring (bicyclic) bond motifs is 5. The Morgan fingerprint density at radius 1 is 1.16 bits per heavy atom. The van der Waals surface area contributed by atoms with Crippen molar-refractivity contribution in [3.8, 4) is 0 Å². The molecular weight excluding hydrogens is 304 g/mol. The van der Waals surface area contributed by atoms with Gasteiger partial charge in [-0.1, -0.05) is 44.1 Å². The average Bonchev–Trinajstić information content (AvgIpc) is 3.22. The second-order valence-corrected chi connectivity index (χ2v) is 9.46. The molecule has 0 saturated heterocycles. The standard InChI is InChI=1S/C23H30N2/c1-16-8-10-22(2)17(14-16)4-5-18-19-6-7-21(25-13-12-24-15-25)23(19,3)11-9-20(18)22/h4,6-7,12-13,15-16,18,20H,5,8-11,14H2,1-3H3/t16-,18-,20?,22-,23-/m0/s1. The van der Waals surface area contributed by atoms with Gasteiger partial charge in [-0.25, -0.2) is 4.98 Å². The summed E-state index contributed by atoms with van der Waals surface area (Å²) in [6.45, 7) is 7.49. The first-order valence-corrected chi connectivity index (χ1v) is 10.1. The third kappa shape index (κ3) is 2.06. The molecule has 5 atom stereocenters. The molecule has 2 fully saturated rings. The SMILES string of the molecule is C[C@H]1CC[C@@]2(C)C(=CC[C@H]3C4=CC=C(n5ccnc5)[C@@]4(C)CCC32)C1. The van der Waals surface area contributed by atoms with Gasteiger partial charge in [0.25, 0.3) is 0 Å². The van der Waals surface area contributed by atoms with Crippen molar-refractivity contribution >= 4 is 5.70 Å². The lowest BCUT2D eigenvalue weighted by Gasteiger charge is -2.56. The molecule has 0 bridgehead atoms. The molecule has 0 N–H and O–H groups in total. The van der Waals surface area contributed by atoms with Gasteiger partial charge in [0, 0.05) is 23.5 Å². The van der Waals surface area contributed by atoms with Gasteiger partial charge in [-0.3, -0.25) is 0 Å². The monoisotopic (exact) mass is 334 g/mol. The normalized spacial score (nSPS) is 42.7.